The summed E-state index contributed by atoms with van der Waals surface area (Å²) in [5.74, 6) is 1.65. The molecule has 0 saturated heterocycles. The van der Waals surface area contributed by atoms with Crippen molar-refractivity contribution in [1.29, 1.82) is 0 Å². The maximum atomic E-state index is 3.60. The van der Waals surface area contributed by atoms with E-state index in [1.807, 2.05) is 0 Å². The number of unbranched alkanes of at least 4 members (excludes halogenated alkanes) is 1. The molecule has 0 bridgehead atoms. The fraction of sp³-hybridized carbons (Fsp3) is 1.00. The predicted octanol–water partition coefficient (Wildman–Crippen LogP) is 4.86. The van der Waals surface area contributed by atoms with Gasteiger partial charge < -0.3 is 5.32 Å². The first-order chi connectivity index (χ1) is 8.02. The summed E-state index contributed by atoms with van der Waals surface area (Å²) in [7, 11) is 0. The lowest BCUT2D eigenvalue weighted by Gasteiger charge is -2.40. The zero-order chi connectivity index (χ0) is 13.3. The molecule has 2 atom stereocenters. The van der Waals surface area contributed by atoms with Gasteiger partial charge in [0.15, 0.2) is 0 Å². The number of hydrogen-bond donors (Lipinski definition) is 1. The van der Waals surface area contributed by atoms with Crippen molar-refractivity contribution in [2.45, 2.75) is 73.6 Å². The largest absolute Gasteiger partial charge is 0.316 e. The van der Waals surface area contributed by atoms with Crippen LogP contribution in [0.3, 0.4) is 0 Å². The summed E-state index contributed by atoms with van der Waals surface area (Å²) in [6, 6.07) is 0. The molecule has 17 heavy (non-hydrogen) atoms. The highest BCUT2D eigenvalue weighted by Crippen LogP contribution is 2.39. The highest BCUT2D eigenvalue weighted by atomic mass is 14.9. The van der Waals surface area contributed by atoms with E-state index in [1.165, 1.54) is 38.6 Å². The Balaban J connectivity index is 4.62. The second kappa shape index (κ2) is 8.97. The van der Waals surface area contributed by atoms with Crippen LogP contribution in [0, 0.1) is 17.3 Å². The summed E-state index contributed by atoms with van der Waals surface area (Å²) >= 11 is 0. The molecule has 0 aliphatic carbocycles. The van der Waals surface area contributed by atoms with E-state index in [-0.39, 0.29) is 0 Å². The van der Waals surface area contributed by atoms with Gasteiger partial charge in [0.05, 0.1) is 0 Å². The van der Waals surface area contributed by atoms with E-state index in [9.17, 15) is 0 Å². The molecule has 104 valence electrons. The Labute approximate surface area is 110 Å². The molecule has 0 aromatic rings. The summed E-state index contributed by atoms with van der Waals surface area (Å²) < 4.78 is 0. The van der Waals surface area contributed by atoms with Crippen molar-refractivity contribution in [2.75, 3.05) is 13.1 Å². The zero-order valence-electron chi connectivity index (χ0n) is 13.1. The molecule has 0 aliphatic heterocycles. The molecular weight excluding hydrogens is 206 g/mol. The zero-order valence-corrected chi connectivity index (χ0v) is 13.1. The monoisotopic (exact) mass is 241 g/mol. The first kappa shape index (κ1) is 17.0. The van der Waals surface area contributed by atoms with E-state index in [0.717, 1.165) is 18.4 Å². The van der Waals surface area contributed by atoms with Crippen LogP contribution in [0.15, 0.2) is 0 Å². The van der Waals surface area contributed by atoms with E-state index in [2.05, 4.69) is 46.9 Å². The summed E-state index contributed by atoms with van der Waals surface area (Å²) in [4.78, 5) is 0. The molecule has 0 aromatic carbocycles. The third kappa shape index (κ3) is 5.90. The normalized spacial score (nSPS) is 17.1. The van der Waals surface area contributed by atoms with Crippen LogP contribution in [0.5, 0.6) is 0 Å². The van der Waals surface area contributed by atoms with Crippen molar-refractivity contribution in [1.82, 2.24) is 5.32 Å². The van der Waals surface area contributed by atoms with Gasteiger partial charge in [0.25, 0.3) is 0 Å². The quantitative estimate of drug-likeness (QED) is 0.575. The SMILES string of the molecule is CCCCC(CC)(CNCC)C(C)CC(C)C. The third-order valence-electron chi connectivity index (χ3n) is 4.33. The molecule has 0 rings (SSSR count). The van der Waals surface area contributed by atoms with Gasteiger partial charge in [-0.25, -0.2) is 0 Å². The van der Waals surface area contributed by atoms with Crippen LogP contribution in [-0.4, -0.2) is 13.1 Å². The molecule has 1 heteroatoms. The third-order valence-corrected chi connectivity index (χ3v) is 4.33. The van der Waals surface area contributed by atoms with E-state index in [4.69, 9.17) is 0 Å². The molecule has 0 heterocycles. The van der Waals surface area contributed by atoms with Gasteiger partial charge in [0.1, 0.15) is 0 Å². The Morgan fingerprint density at radius 2 is 1.71 bits per heavy atom. The molecule has 0 amide bonds. The molecule has 0 saturated carbocycles. The van der Waals surface area contributed by atoms with Crippen LogP contribution in [0.25, 0.3) is 0 Å². The van der Waals surface area contributed by atoms with Gasteiger partial charge in [0, 0.05) is 6.54 Å². The van der Waals surface area contributed by atoms with Crippen LogP contribution in [-0.2, 0) is 0 Å². The van der Waals surface area contributed by atoms with E-state index < -0.39 is 0 Å². The maximum Gasteiger partial charge on any atom is 0.00101 e. The van der Waals surface area contributed by atoms with E-state index >= 15 is 0 Å². The van der Waals surface area contributed by atoms with Crippen molar-refractivity contribution in [3.8, 4) is 0 Å². The summed E-state index contributed by atoms with van der Waals surface area (Å²) in [5.41, 5.74) is 0.524. The van der Waals surface area contributed by atoms with Crippen LogP contribution in [0.2, 0.25) is 0 Å². The lowest BCUT2D eigenvalue weighted by molar-refractivity contribution is 0.121. The van der Waals surface area contributed by atoms with Crippen LogP contribution in [0.4, 0.5) is 0 Å². The predicted molar refractivity (Wildman–Crippen MR) is 79.4 cm³/mol. The van der Waals surface area contributed by atoms with Gasteiger partial charge >= 0.3 is 0 Å². The van der Waals surface area contributed by atoms with Crippen molar-refractivity contribution >= 4 is 0 Å². The highest BCUT2D eigenvalue weighted by molar-refractivity contribution is 4.85. The van der Waals surface area contributed by atoms with Crippen LogP contribution in [0.1, 0.15) is 73.6 Å². The molecule has 0 aromatic heterocycles. The minimum Gasteiger partial charge on any atom is -0.316 e. The van der Waals surface area contributed by atoms with Crippen molar-refractivity contribution in [3.63, 3.8) is 0 Å². The minimum absolute atomic E-state index is 0.524. The van der Waals surface area contributed by atoms with Crippen molar-refractivity contribution in [3.05, 3.63) is 0 Å². The molecule has 0 aliphatic rings. The topological polar surface area (TPSA) is 12.0 Å². The average Bonchev–Trinajstić information content (AvgIpc) is 2.29. The molecule has 1 nitrogen and oxygen atoms in total. The smallest absolute Gasteiger partial charge is 0.00101 e. The molecule has 0 spiro atoms. The van der Waals surface area contributed by atoms with Gasteiger partial charge in [-0.05, 0) is 43.1 Å². The second-order valence-corrected chi connectivity index (χ2v) is 6.13. The number of hydrogen-bond acceptors (Lipinski definition) is 1. The first-order valence-corrected chi connectivity index (χ1v) is 7.73. The van der Waals surface area contributed by atoms with Gasteiger partial charge in [-0.15, -0.1) is 0 Å². The van der Waals surface area contributed by atoms with E-state index in [0.29, 0.717) is 5.41 Å². The average molecular weight is 241 g/mol. The van der Waals surface area contributed by atoms with Crippen LogP contribution < -0.4 is 5.32 Å². The second-order valence-electron chi connectivity index (χ2n) is 6.13. The first-order valence-electron chi connectivity index (χ1n) is 7.73. The van der Waals surface area contributed by atoms with Gasteiger partial charge in [-0.1, -0.05) is 54.4 Å². The minimum atomic E-state index is 0.524. The van der Waals surface area contributed by atoms with Gasteiger partial charge in [0.2, 0.25) is 0 Å². The van der Waals surface area contributed by atoms with Crippen molar-refractivity contribution < 1.29 is 0 Å². The molecule has 0 radical (unpaired) electrons. The highest BCUT2D eigenvalue weighted by Gasteiger charge is 2.33. The molecule has 2 unspecified atom stereocenters. The van der Waals surface area contributed by atoms with E-state index in [1.54, 1.807) is 0 Å². The summed E-state index contributed by atoms with van der Waals surface area (Å²) in [6.45, 7) is 16.4. The maximum absolute atomic E-state index is 3.60. The van der Waals surface area contributed by atoms with Gasteiger partial charge in [-0.2, -0.15) is 0 Å². The fourth-order valence-corrected chi connectivity index (χ4v) is 3.02. The molecule has 0 fully saturated rings. The molecular formula is C16H35N. The van der Waals surface area contributed by atoms with Gasteiger partial charge in [-0.3, -0.25) is 0 Å². The standard InChI is InChI=1S/C16H35N/c1-7-10-11-16(8-2,13-17-9-3)15(6)12-14(4)5/h14-15,17H,7-13H2,1-6H3. The number of nitrogens with one attached hydrogen (secondary N) is 1. The van der Waals surface area contributed by atoms with Crippen molar-refractivity contribution in [2.24, 2.45) is 17.3 Å². The Kier molecular flexibility index (Phi) is 8.94. The number of rotatable bonds is 10. The lowest BCUT2D eigenvalue weighted by atomic mass is 9.68. The molecule has 1 N–H and O–H groups in total. The summed E-state index contributed by atoms with van der Waals surface area (Å²) in [5, 5.41) is 3.60. The van der Waals surface area contributed by atoms with Crippen LogP contribution >= 0.6 is 0 Å². The Hall–Kier alpha value is -0.0400. The summed E-state index contributed by atoms with van der Waals surface area (Å²) in [6.07, 6.45) is 6.77. The Bertz CT molecular complexity index is 166. The lowest BCUT2D eigenvalue weighted by Crippen LogP contribution is -2.39. The Morgan fingerprint density at radius 3 is 2.12 bits per heavy atom. The fourth-order valence-electron chi connectivity index (χ4n) is 3.02. The Morgan fingerprint density at radius 1 is 1.06 bits per heavy atom.